The van der Waals surface area contributed by atoms with Gasteiger partial charge in [0.05, 0.1) is 0 Å². The topological polar surface area (TPSA) is 20.3 Å². The standard InChI is InChI=1S/C5H8.C3H9N.C2H4O/c1-2-5-3-4(1)5;1-4(2)3;1-2-3/h4-5H,1-3H2;1-3H3;2H,1H3. The molecule has 2 fully saturated rings. The third-order valence-electron chi connectivity index (χ3n) is 1.98. The lowest BCUT2D eigenvalue weighted by molar-refractivity contribution is -0.106. The molecule has 2 nitrogen and oxygen atoms in total. The van der Waals surface area contributed by atoms with Crippen molar-refractivity contribution in [1.29, 1.82) is 0 Å². The smallest absolute Gasteiger partial charge is 0.116 e. The van der Waals surface area contributed by atoms with Crippen LogP contribution in [-0.2, 0) is 4.79 Å². The summed E-state index contributed by atoms with van der Waals surface area (Å²) in [5, 5.41) is 0. The molecule has 0 heterocycles. The third kappa shape index (κ3) is 6.35. The number of nitrogens with zero attached hydrogens (tertiary/aromatic N) is 1. The first-order chi connectivity index (χ1) is 5.61. The van der Waals surface area contributed by atoms with E-state index < -0.39 is 0 Å². The van der Waals surface area contributed by atoms with Crippen LogP contribution in [0.4, 0.5) is 0 Å². The van der Waals surface area contributed by atoms with Gasteiger partial charge < -0.3 is 9.69 Å². The monoisotopic (exact) mass is 171 g/mol. The first-order valence-corrected chi connectivity index (χ1v) is 4.62. The van der Waals surface area contributed by atoms with Crippen molar-refractivity contribution in [3.05, 3.63) is 0 Å². The Bertz CT molecular complexity index is 108. The number of carbonyl (C=O) groups excluding carboxylic acids is 1. The Morgan fingerprint density at radius 2 is 1.42 bits per heavy atom. The zero-order valence-corrected chi connectivity index (χ0v) is 8.71. The number of rotatable bonds is 0. The van der Waals surface area contributed by atoms with Crippen molar-refractivity contribution in [2.75, 3.05) is 21.1 Å². The minimum atomic E-state index is 0.750. The summed E-state index contributed by atoms with van der Waals surface area (Å²) < 4.78 is 0. The van der Waals surface area contributed by atoms with E-state index in [2.05, 4.69) is 0 Å². The number of fused-ring (bicyclic) bond motifs is 1. The summed E-state index contributed by atoms with van der Waals surface area (Å²) in [6, 6.07) is 0. The largest absolute Gasteiger partial charge is 0.312 e. The van der Waals surface area contributed by atoms with E-state index in [1.807, 2.05) is 26.0 Å². The molecule has 0 bridgehead atoms. The van der Waals surface area contributed by atoms with Crippen molar-refractivity contribution in [3.8, 4) is 0 Å². The highest BCUT2D eigenvalue weighted by atomic mass is 16.1. The minimum Gasteiger partial charge on any atom is -0.312 e. The maximum atomic E-state index is 8.81. The molecule has 0 amide bonds. The van der Waals surface area contributed by atoms with Crippen LogP contribution in [0.25, 0.3) is 0 Å². The van der Waals surface area contributed by atoms with Gasteiger partial charge in [-0.1, -0.05) is 0 Å². The van der Waals surface area contributed by atoms with Gasteiger partial charge in [-0.05, 0) is 59.2 Å². The van der Waals surface area contributed by atoms with Crippen molar-refractivity contribution in [2.24, 2.45) is 11.8 Å². The predicted molar refractivity (Wildman–Crippen MR) is 52.2 cm³/mol. The second-order valence-electron chi connectivity index (χ2n) is 3.91. The summed E-state index contributed by atoms with van der Waals surface area (Å²) >= 11 is 0. The number of aldehydes is 1. The normalized spacial score (nSPS) is 28.1. The Kier molecular flexibility index (Phi) is 5.99. The molecule has 2 unspecified atom stereocenters. The zero-order valence-electron chi connectivity index (χ0n) is 8.71. The van der Waals surface area contributed by atoms with E-state index in [4.69, 9.17) is 4.79 Å². The van der Waals surface area contributed by atoms with Crippen LogP contribution in [0.5, 0.6) is 0 Å². The summed E-state index contributed by atoms with van der Waals surface area (Å²) in [4.78, 5) is 10.8. The van der Waals surface area contributed by atoms with E-state index in [0.29, 0.717) is 0 Å². The molecule has 0 N–H and O–H groups in total. The SMILES string of the molecule is C1CC2CC12.CC=O.CN(C)C. The van der Waals surface area contributed by atoms with Crippen molar-refractivity contribution >= 4 is 6.29 Å². The summed E-state index contributed by atoms with van der Waals surface area (Å²) in [5.41, 5.74) is 0. The molecule has 0 aliphatic heterocycles. The molecule has 72 valence electrons. The summed E-state index contributed by atoms with van der Waals surface area (Å²) in [7, 11) is 6.00. The fraction of sp³-hybridized carbons (Fsp3) is 0.900. The van der Waals surface area contributed by atoms with E-state index in [-0.39, 0.29) is 0 Å². The molecule has 2 aliphatic carbocycles. The fourth-order valence-corrected chi connectivity index (χ4v) is 1.18. The summed E-state index contributed by atoms with van der Waals surface area (Å²) in [6.45, 7) is 1.44. The minimum absolute atomic E-state index is 0.750. The van der Waals surface area contributed by atoms with Crippen LogP contribution in [0, 0.1) is 11.8 Å². The molecular formula is C10H21NO. The second kappa shape index (κ2) is 6.18. The first kappa shape index (κ1) is 11.6. The van der Waals surface area contributed by atoms with E-state index in [0.717, 1.165) is 6.29 Å². The lowest BCUT2D eigenvalue weighted by Crippen LogP contribution is -1.99. The molecule has 0 saturated heterocycles. The van der Waals surface area contributed by atoms with Crippen molar-refractivity contribution in [1.82, 2.24) is 4.90 Å². The average Bonchev–Trinajstić information content (AvgIpc) is 2.39. The van der Waals surface area contributed by atoms with E-state index in [1.54, 1.807) is 19.3 Å². The van der Waals surface area contributed by atoms with Gasteiger partial charge in [0.25, 0.3) is 0 Å². The maximum Gasteiger partial charge on any atom is 0.116 e. The van der Waals surface area contributed by atoms with Crippen LogP contribution in [-0.4, -0.2) is 32.3 Å². The van der Waals surface area contributed by atoms with Crippen LogP contribution in [0.15, 0.2) is 0 Å². The lowest BCUT2D eigenvalue weighted by Gasteiger charge is -2.04. The molecule has 0 spiro atoms. The van der Waals surface area contributed by atoms with Gasteiger partial charge in [0, 0.05) is 0 Å². The van der Waals surface area contributed by atoms with Crippen LogP contribution in [0.2, 0.25) is 0 Å². The van der Waals surface area contributed by atoms with Gasteiger partial charge in [-0.15, -0.1) is 0 Å². The van der Waals surface area contributed by atoms with Gasteiger partial charge in [-0.3, -0.25) is 0 Å². The molecule has 12 heavy (non-hydrogen) atoms. The van der Waals surface area contributed by atoms with Crippen LogP contribution in [0.1, 0.15) is 26.2 Å². The van der Waals surface area contributed by atoms with E-state index in [9.17, 15) is 0 Å². The predicted octanol–water partition coefficient (Wildman–Crippen LogP) is 1.80. The highest BCUT2D eigenvalue weighted by Crippen LogP contribution is 2.55. The average molecular weight is 171 g/mol. The number of hydrogen-bond donors (Lipinski definition) is 0. The molecule has 0 aromatic rings. The van der Waals surface area contributed by atoms with Gasteiger partial charge in [0.15, 0.2) is 0 Å². The summed E-state index contributed by atoms with van der Waals surface area (Å²) in [6.07, 6.45) is 5.45. The van der Waals surface area contributed by atoms with E-state index in [1.165, 1.54) is 18.8 Å². The van der Waals surface area contributed by atoms with Crippen LogP contribution in [0.3, 0.4) is 0 Å². The van der Waals surface area contributed by atoms with Crippen molar-refractivity contribution in [2.45, 2.75) is 26.2 Å². The summed E-state index contributed by atoms with van der Waals surface area (Å²) in [5.74, 6) is 2.46. The van der Waals surface area contributed by atoms with Gasteiger partial charge >= 0.3 is 0 Å². The van der Waals surface area contributed by atoms with Crippen molar-refractivity contribution in [3.63, 3.8) is 0 Å². The highest BCUT2D eigenvalue weighted by molar-refractivity contribution is 5.44. The molecule has 2 saturated carbocycles. The first-order valence-electron chi connectivity index (χ1n) is 4.62. The van der Waals surface area contributed by atoms with Crippen LogP contribution < -0.4 is 0 Å². The molecule has 0 aromatic heterocycles. The molecule has 2 heteroatoms. The quantitative estimate of drug-likeness (QED) is 0.518. The Morgan fingerprint density at radius 3 is 1.42 bits per heavy atom. The molecule has 0 radical (unpaired) electrons. The molecule has 2 atom stereocenters. The number of carbonyl (C=O) groups is 1. The molecule has 2 rings (SSSR count). The zero-order chi connectivity index (χ0) is 9.56. The Hall–Kier alpha value is -0.370. The molecule has 0 aromatic carbocycles. The highest BCUT2D eigenvalue weighted by Gasteiger charge is 2.44. The van der Waals surface area contributed by atoms with Gasteiger partial charge in [0.2, 0.25) is 0 Å². The van der Waals surface area contributed by atoms with Gasteiger partial charge in [0.1, 0.15) is 6.29 Å². The lowest BCUT2D eigenvalue weighted by atomic mass is 10.0. The van der Waals surface area contributed by atoms with Gasteiger partial charge in [-0.2, -0.15) is 0 Å². The second-order valence-corrected chi connectivity index (χ2v) is 3.91. The Labute approximate surface area is 75.9 Å². The van der Waals surface area contributed by atoms with Crippen LogP contribution >= 0.6 is 0 Å². The Morgan fingerprint density at radius 1 is 1.17 bits per heavy atom. The van der Waals surface area contributed by atoms with E-state index >= 15 is 0 Å². The Balaban J connectivity index is 0.000000160. The maximum absolute atomic E-state index is 8.81. The third-order valence-corrected chi connectivity index (χ3v) is 1.98. The van der Waals surface area contributed by atoms with Gasteiger partial charge in [-0.25, -0.2) is 0 Å². The fourth-order valence-electron chi connectivity index (χ4n) is 1.18. The molecule has 2 aliphatic rings. The van der Waals surface area contributed by atoms with Crippen molar-refractivity contribution < 1.29 is 4.79 Å². The molecular weight excluding hydrogens is 150 g/mol. The number of hydrogen-bond acceptors (Lipinski definition) is 2.